The molecule has 0 spiro atoms. The number of aryl methyl sites for hydroxylation is 1. The molecule has 4 heterocycles. The first kappa shape index (κ1) is 29.4. The van der Waals surface area contributed by atoms with E-state index in [1.54, 1.807) is 13.0 Å². The molecule has 10 nitrogen and oxygen atoms in total. The van der Waals surface area contributed by atoms with Crippen molar-refractivity contribution in [2.45, 2.75) is 50.9 Å². The van der Waals surface area contributed by atoms with Gasteiger partial charge in [-0.15, -0.1) is 0 Å². The van der Waals surface area contributed by atoms with Crippen molar-refractivity contribution in [3.05, 3.63) is 51.5 Å². The van der Waals surface area contributed by atoms with Crippen LogP contribution < -0.4 is 10.0 Å². The number of aromatic amines is 1. The molecule has 0 saturated carbocycles. The molecule has 3 saturated heterocycles. The number of ether oxygens (including phenoxy) is 1. The fourth-order valence-electron chi connectivity index (χ4n) is 6.16. The van der Waals surface area contributed by atoms with E-state index >= 15 is 0 Å². The van der Waals surface area contributed by atoms with Crippen LogP contribution in [0.1, 0.15) is 53.5 Å². The number of halogens is 3. The quantitative estimate of drug-likeness (QED) is 0.448. The normalized spacial score (nSPS) is 25.6. The summed E-state index contributed by atoms with van der Waals surface area (Å²) in [6, 6.07) is 0.257. The van der Waals surface area contributed by atoms with Crippen LogP contribution in [-0.4, -0.2) is 92.2 Å². The first-order valence-corrected chi connectivity index (χ1v) is 15.4. The van der Waals surface area contributed by atoms with Crippen molar-refractivity contribution in [3.8, 4) is 0 Å². The van der Waals surface area contributed by atoms with E-state index in [1.807, 2.05) is 0 Å². The minimum Gasteiger partial charge on any atom is -0.379 e. The average molecular weight is 598 g/mol. The van der Waals surface area contributed by atoms with Crippen molar-refractivity contribution in [3.63, 3.8) is 0 Å². The molecule has 0 bridgehead atoms. The molecule has 1 aromatic rings. The second kappa shape index (κ2) is 10.6. The molecular weight excluding hydrogens is 563 g/mol. The number of alkyl halides is 3. The molecule has 0 radical (unpaired) electrons. The van der Waals surface area contributed by atoms with E-state index in [0.29, 0.717) is 44.7 Å². The third-order valence-electron chi connectivity index (χ3n) is 8.17. The van der Waals surface area contributed by atoms with Gasteiger partial charge in [-0.05, 0) is 50.8 Å². The highest BCUT2D eigenvalue weighted by Gasteiger charge is 2.45. The zero-order valence-electron chi connectivity index (χ0n) is 23.2. The Morgan fingerprint density at radius 2 is 1.85 bits per heavy atom. The first-order chi connectivity index (χ1) is 19.2. The van der Waals surface area contributed by atoms with Gasteiger partial charge in [0.2, 0.25) is 10.0 Å². The number of nitrogens with one attached hydrogen (secondary N) is 3. The second-order valence-corrected chi connectivity index (χ2v) is 13.0. The summed E-state index contributed by atoms with van der Waals surface area (Å²) in [7, 11) is -3.61. The number of aromatic nitrogens is 1. The number of hydrogen-bond donors (Lipinski definition) is 3. The molecule has 0 aromatic carbocycles. The minimum atomic E-state index is -4.88. The number of likely N-dealkylation sites (tertiary alicyclic amines) is 1. The molecule has 1 atom stereocenters. The van der Waals surface area contributed by atoms with Crippen LogP contribution in [-0.2, 0) is 25.7 Å². The van der Waals surface area contributed by atoms with Gasteiger partial charge in [0, 0.05) is 49.2 Å². The number of carbonyl (C=O) groups is 2. The van der Waals surface area contributed by atoms with Gasteiger partial charge in [0.05, 0.1) is 41.8 Å². The molecule has 3 fully saturated rings. The molecule has 14 heteroatoms. The SMILES string of the molecule is Cc1[nH]c(/C=C2\C(=O)NC3(C)CC=C(NS(C)(=O)=O)C=C23)c(C(F)(F)F)c1C(=O)N1CCC(N2CCOCC2)CC1. The maximum atomic E-state index is 14.5. The van der Waals surface area contributed by atoms with Gasteiger partial charge in [-0.25, -0.2) is 8.42 Å². The van der Waals surface area contributed by atoms with Crippen LogP contribution in [0.5, 0.6) is 0 Å². The van der Waals surface area contributed by atoms with Gasteiger partial charge in [0.25, 0.3) is 11.8 Å². The Bertz CT molecular complexity index is 1450. The maximum absolute atomic E-state index is 14.5. The Morgan fingerprint density at radius 1 is 1.20 bits per heavy atom. The highest BCUT2D eigenvalue weighted by molar-refractivity contribution is 7.88. The zero-order valence-corrected chi connectivity index (χ0v) is 24.0. The maximum Gasteiger partial charge on any atom is 0.419 e. The van der Waals surface area contributed by atoms with Crippen LogP contribution in [0.2, 0.25) is 0 Å². The van der Waals surface area contributed by atoms with Crippen LogP contribution in [0.3, 0.4) is 0 Å². The standard InChI is InChI=1S/C27H34F3N5O5S/c1-16-22(25(37)35-8-5-18(6-9-35)34-10-12-40-13-11-34)23(27(28,29)30)21(31-16)15-19-20-14-17(33-41(3,38)39)4-7-26(20,2)32-24(19)36/h4,14-15,18,31,33H,5-13H2,1-3H3,(H,32,36)/b19-15-. The van der Waals surface area contributed by atoms with E-state index in [2.05, 4.69) is 19.9 Å². The lowest BCUT2D eigenvalue weighted by Crippen LogP contribution is -2.50. The molecule has 41 heavy (non-hydrogen) atoms. The summed E-state index contributed by atoms with van der Waals surface area (Å²) in [4.78, 5) is 33.0. The number of nitrogens with zero attached hydrogens (tertiary/aromatic N) is 2. The number of hydrogen-bond acceptors (Lipinski definition) is 6. The summed E-state index contributed by atoms with van der Waals surface area (Å²) >= 11 is 0. The molecule has 1 unspecified atom stereocenters. The van der Waals surface area contributed by atoms with E-state index in [9.17, 15) is 31.2 Å². The van der Waals surface area contributed by atoms with Crippen LogP contribution in [0.4, 0.5) is 13.2 Å². The average Bonchev–Trinajstić information content (AvgIpc) is 3.36. The second-order valence-electron chi connectivity index (χ2n) is 11.2. The molecule has 2 amide bonds. The van der Waals surface area contributed by atoms with Crippen LogP contribution in [0, 0.1) is 6.92 Å². The van der Waals surface area contributed by atoms with Crippen molar-refractivity contribution >= 4 is 27.9 Å². The largest absolute Gasteiger partial charge is 0.419 e. The van der Waals surface area contributed by atoms with Gasteiger partial charge in [-0.1, -0.05) is 6.08 Å². The van der Waals surface area contributed by atoms with Crippen molar-refractivity contribution < 1.29 is 35.9 Å². The molecule has 4 aliphatic rings. The smallest absolute Gasteiger partial charge is 0.379 e. The van der Waals surface area contributed by atoms with Crippen LogP contribution in [0.25, 0.3) is 6.08 Å². The monoisotopic (exact) mass is 597 g/mol. The molecule has 3 aliphatic heterocycles. The third-order valence-corrected chi connectivity index (χ3v) is 8.77. The van der Waals surface area contributed by atoms with Gasteiger partial charge in [0.15, 0.2) is 0 Å². The fourth-order valence-corrected chi connectivity index (χ4v) is 6.73. The Balaban J connectivity index is 1.46. The minimum absolute atomic E-state index is 0.0366. The number of sulfonamides is 1. The number of piperidine rings is 1. The van der Waals surface area contributed by atoms with E-state index < -0.39 is 50.4 Å². The lowest BCUT2D eigenvalue weighted by atomic mass is 9.83. The van der Waals surface area contributed by atoms with Crippen molar-refractivity contribution in [1.29, 1.82) is 0 Å². The lowest BCUT2D eigenvalue weighted by Gasteiger charge is -2.40. The van der Waals surface area contributed by atoms with E-state index in [-0.39, 0.29) is 29.4 Å². The van der Waals surface area contributed by atoms with Crippen molar-refractivity contribution in [2.24, 2.45) is 0 Å². The Labute approximate surface area is 236 Å². The van der Waals surface area contributed by atoms with Gasteiger partial charge < -0.3 is 19.9 Å². The summed E-state index contributed by atoms with van der Waals surface area (Å²) < 4.78 is 74.9. The molecule has 3 N–H and O–H groups in total. The summed E-state index contributed by atoms with van der Waals surface area (Å²) in [5.41, 5.74) is -2.29. The Kier molecular flexibility index (Phi) is 7.62. The number of H-pyrrole nitrogens is 1. The molecule has 1 aromatic heterocycles. The third kappa shape index (κ3) is 5.95. The Hall–Kier alpha value is -3.10. The van der Waals surface area contributed by atoms with E-state index in [1.165, 1.54) is 17.9 Å². The first-order valence-electron chi connectivity index (χ1n) is 13.5. The number of carbonyl (C=O) groups excluding carboxylic acids is 2. The van der Waals surface area contributed by atoms with Gasteiger partial charge in [-0.3, -0.25) is 19.2 Å². The summed E-state index contributed by atoms with van der Waals surface area (Å²) in [5, 5.41) is 2.79. The van der Waals surface area contributed by atoms with Gasteiger partial charge in [-0.2, -0.15) is 13.2 Å². The lowest BCUT2D eigenvalue weighted by molar-refractivity contribution is -0.138. The fraction of sp³-hybridized carbons (Fsp3) is 0.556. The Morgan fingerprint density at radius 3 is 2.46 bits per heavy atom. The van der Waals surface area contributed by atoms with Gasteiger partial charge >= 0.3 is 6.18 Å². The van der Waals surface area contributed by atoms with Crippen molar-refractivity contribution in [1.82, 2.24) is 24.8 Å². The van der Waals surface area contributed by atoms with Crippen molar-refractivity contribution in [2.75, 3.05) is 45.6 Å². The molecule has 5 rings (SSSR count). The highest BCUT2D eigenvalue weighted by atomic mass is 32.2. The summed E-state index contributed by atoms with van der Waals surface area (Å²) in [6.07, 6.45) is 1.82. The number of morpholine rings is 1. The summed E-state index contributed by atoms with van der Waals surface area (Å²) in [5.74, 6) is -1.29. The van der Waals surface area contributed by atoms with E-state index in [0.717, 1.165) is 25.4 Å². The van der Waals surface area contributed by atoms with Crippen LogP contribution in [0.15, 0.2) is 29.0 Å². The molecule has 224 valence electrons. The number of fused-ring (bicyclic) bond motifs is 1. The predicted octanol–water partition coefficient (Wildman–Crippen LogP) is 2.31. The van der Waals surface area contributed by atoms with E-state index in [4.69, 9.17) is 4.74 Å². The summed E-state index contributed by atoms with van der Waals surface area (Å²) in [6.45, 7) is 6.72. The van der Waals surface area contributed by atoms with Gasteiger partial charge in [0.1, 0.15) is 0 Å². The number of rotatable bonds is 5. The number of amides is 2. The highest BCUT2D eigenvalue weighted by Crippen LogP contribution is 2.42. The molecular formula is C27H34F3N5O5S. The topological polar surface area (TPSA) is 124 Å². The van der Waals surface area contributed by atoms with Crippen LogP contribution >= 0.6 is 0 Å². The number of allylic oxidation sites excluding steroid dienone is 1. The predicted molar refractivity (Wildman–Crippen MR) is 145 cm³/mol. The zero-order chi connectivity index (χ0) is 29.7. The molecule has 1 aliphatic carbocycles.